The first-order chi connectivity index (χ1) is 8.86. The average Bonchev–Trinajstić information content (AvgIpc) is 2.77. The molecule has 2 heterocycles. The highest BCUT2D eigenvalue weighted by molar-refractivity contribution is 5.86. The van der Waals surface area contributed by atoms with E-state index in [0.29, 0.717) is 25.1 Å². The molecular formula is C14H23ClN2O3. The highest BCUT2D eigenvalue weighted by atomic mass is 35.5. The lowest BCUT2D eigenvalue weighted by atomic mass is 9.92. The van der Waals surface area contributed by atoms with Crippen molar-refractivity contribution in [1.29, 1.82) is 0 Å². The normalized spacial score (nSPS) is 23.2. The van der Waals surface area contributed by atoms with Crippen molar-refractivity contribution in [3.8, 4) is 0 Å². The number of piperidine rings is 1. The van der Waals surface area contributed by atoms with E-state index >= 15 is 0 Å². The predicted octanol–water partition coefficient (Wildman–Crippen LogP) is 1.62. The molecule has 0 spiro atoms. The van der Waals surface area contributed by atoms with Gasteiger partial charge in [0, 0.05) is 11.5 Å². The molecule has 1 aliphatic heterocycles. The van der Waals surface area contributed by atoms with Crippen molar-refractivity contribution in [3.63, 3.8) is 0 Å². The second kappa shape index (κ2) is 6.70. The number of halogens is 1. The van der Waals surface area contributed by atoms with Gasteiger partial charge >= 0.3 is 0 Å². The van der Waals surface area contributed by atoms with Crippen LogP contribution in [0.5, 0.6) is 0 Å². The molecule has 2 rings (SSSR count). The molecule has 6 heteroatoms. The molecule has 20 heavy (non-hydrogen) atoms. The summed E-state index contributed by atoms with van der Waals surface area (Å²) in [5.74, 6) is 0.847. The summed E-state index contributed by atoms with van der Waals surface area (Å²) in [5, 5.41) is 16.7. The van der Waals surface area contributed by atoms with Crippen LogP contribution < -0.4 is 5.32 Å². The third kappa shape index (κ3) is 4.30. The fraction of sp³-hybridized carbons (Fsp3) is 0.714. The fourth-order valence-electron chi connectivity index (χ4n) is 2.19. The summed E-state index contributed by atoms with van der Waals surface area (Å²) in [4.78, 5) is 12.1. The number of aromatic nitrogens is 1. The summed E-state index contributed by atoms with van der Waals surface area (Å²) in [7, 11) is 0. The van der Waals surface area contributed by atoms with Crippen LogP contribution in [0.3, 0.4) is 0 Å². The number of nitrogens with one attached hydrogen (secondary N) is 1. The van der Waals surface area contributed by atoms with Crippen LogP contribution in [-0.4, -0.2) is 34.7 Å². The van der Waals surface area contributed by atoms with E-state index in [4.69, 9.17) is 4.52 Å². The standard InChI is InChI=1S/C14H22N2O3.ClH/c1-14(2,3)13-7-9(16-19-13)6-12(18)11-8-10(17)4-5-15-11;/h7,10-11,15,17H,4-6,8H2,1-3H3;1H/t10-,11-;/m0./s1. The van der Waals surface area contributed by atoms with E-state index in [1.54, 1.807) is 0 Å². The Morgan fingerprint density at radius 1 is 1.55 bits per heavy atom. The molecule has 1 aromatic rings. The molecule has 0 bridgehead atoms. The van der Waals surface area contributed by atoms with Crippen molar-refractivity contribution in [3.05, 3.63) is 17.5 Å². The van der Waals surface area contributed by atoms with Crippen LogP contribution in [0, 0.1) is 0 Å². The zero-order chi connectivity index (χ0) is 14.0. The number of hydrogen-bond donors (Lipinski definition) is 2. The maximum atomic E-state index is 12.1. The first kappa shape index (κ1) is 17.1. The van der Waals surface area contributed by atoms with Crippen LogP contribution in [0.2, 0.25) is 0 Å². The number of ketones is 1. The van der Waals surface area contributed by atoms with Gasteiger partial charge in [0.1, 0.15) is 5.76 Å². The Kier molecular flexibility index (Phi) is 5.74. The van der Waals surface area contributed by atoms with Gasteiger partial charge in [-0.3, -0.25) is 4.79 Å². The quantitative estimate of drug-likeness (QED) is 0.887. The predicted molar refractivity (Wildman–Crippen MR) is 78.2 cm³/mol. The number of carbonyl (C=O) groups is 1. The van der Waals surface area contributed by atoms with Crippen LogP contribution in [0.15, 0.2) is 10.6 Å². The SMILES string of the molecule is CC(C)(C)c1cc(CC(=O)[C@@H]2C[C@@H](O)CCN2)no1.Cl. The van der Waals surface area contributed by atoms with Crippen molar-refractivity contribution in [1.82, 2.24) is 10.5 Å². The summed E-state index contributed by atoms with van der Waals surface area (Å²) < 4.78 is 5.27. The van der Waals surface area contributed by atoms with Crippen molar-refractivity contribution < 1.29 is 14.4 Å². The number of rotatable bonds is 3. The second-order valence-electron chi connectivity index (χ2n) is 6.26. The summed E-state index contributed by atoms with van der Waals surface area (Å²) in [6.07, 6.45) is 1.08. The lowest BCUT2D eigenvalue weighted by molar-refractivity contribution is -0.122. The Balaban J connectivity index is 0.00000200. The van der Waals surface area contributed by atoms with Gasteiger partial charge in [0.25, 0.3) is 0 Å². The van der Waals surface area contributed by atoms with Gasteiger partial charge in [0.05, 0.1) is 24.3 Å². The average molecular weight is 303 g/mol. The maximum Gasteiger partial charge on any atom is 0.155 e. The smallest absolute Gasteiger partial charge is 0.155 e. The highest BCUT2D eigenvalue weighted by Crippen LogP contribution is 2.23. The molecule has 0 unspecified atom stereocenters. The lowest BCUT2D eigenvalue weighted by Gasteiger charge is -2.25. The van der Waals surface area contributed by atoms with Gasteiger partial charge in [-0.25, -0.2) is 0 Å². The van der Waals surface area contributed by atoms with Crippen molar-refractivity contribution >= 4 is 18.2 Å². The van der Waals surface area contributed by atoms with E-state index in [1.165, 1.54) is 0 Å². The minimum atomic E-state index is -0.377. The van der Waals surface area contributed by atoms with E-state index in [-0.39, 0.29) is 42.2 Å². The number of nitrogens with zero attached hydrogens (tertiary/aromatic N) is 1. The summed E-state index contributed by atoms with van der Waals surface area (Å²) in [6, 6.07) is 1.58. The monoisotopic (exact) mass is 302 g/mol. The van der Waals surface area contributed by atoms with Crippen LogP contribution in [0.4, 0.5) is 0 Å². The Bertz CT molecular complexity index is 454. The maximum absolute atomic E-state index is 12.1. The third-order valence-corrected chi connectivity index (χ3v) is 3.42. The topological polar surface area (TPSA) is 75.4 Å². The molecule has 0 aromatic carbocycles. The number of aliphatic hydroxyl groups is 1. The number of aliphatic hydroxyl groups excluding tert-OH is 1. The third-order valence-electron chi connectivity index (χ3n) is 3.42. The molecule has 1 aromatic heterocycles. The zero-order valence-corrected chi connectivity index (χ0v) is 13.0. The number of Topliss-reactive ketones (excluding diaryl/α,β-unsaturated/α-hetero) is 1. The highest BCUT2D eigenvalue weighted by Gasteiger charge is 2.27. The van der Waals surface area contributed by atoms with E-state index in [1.807, 2.05) is 26.8 Å². The first-order valence-electron chi connectivity index (χ1n) is 6.76. The van der Waals surface area contributed by atoms with Gasteiger partial charge in [0.15, 0.2) is 5.78 Å². The Morgan fingerprint density at radius 2 is 2.25 bits per heavy atom. The summed E-state index contributed by atoms with van der Waals surface area (Å²) >= 11 is 0. The van der Waals surface area contributed by atoms with E-state index in [9.17, 15) is 9.90 Å². The van der Waals surface area contributed by atoms with Crippen molar-refractivity contribution in [2.45, 2.75) is 57.6 Å². The van der Waals surface area contributed by atoms with Crippen LogP contribution in [0.25, 0.3) is 0 Å². The Hall–Kier alpha value is -0.910. The van der Waals surface area contributed by atoms with Gasteiger partial charge < -0.3 is 14.9 Å². The summed E-state index contributed by atoms with van der Waals surface area (Å²) in [5.41, 5.74) is 0.560. The number of carbonyl (C=O) groups excluding carboxylic acids is 1. The number of hydrogen-bond acceptors (Lipinski definition) is 5. The molecule has 5 nitrogen and oxygen atoms in total. The Labute approximate surface area is 125 Å². The minimum absolute atomic E-state index is 0. The zero-order valence-electron chi connectivity index (χ0n) is 12.2. The van der Waals surface area contributed by atoms with E-state index in [2.05, 4.69) is 10.5 Å². The van der Waals surface area contributed by atoms with Crippen LogP contribution in [-0.2, 0) is 16.6 Å². The molecule has 0 amide bonds. The van der Waals surface area contributed by atoms with Gasteiger partial charge in [-0.1, -0.05) is 25.9 Å². The lowest BCUT2D eigenvalue weighted by Crippen LogP contribution is -2.45. The molecule has 0 aliphatic carbocycles. The molecule has 0 radical (unpaired) electrons. The largest absolute Gasteiger partial charge is 0.393 e. The molecule has 2 N–H and O–H groups in total. The van der Waals surface area contributed by atoms with Crippen LogP contribution in [0.1, 0.15) is 45.1 Å². The second-order valence-corrected chi connectivity index (χ2v) is 6.26. The van der Waals surface area contributed by atoms with E-state index in [0.717, 1.165) is 5.76 Å². The van der Waals surface area contributed by atoms with Gasteiger partial charge in [-0.15, -0.1) is 12.4 Å². The fourth-order valence-corrected chi connectivity index (χ4v) is 2.19. The molecule has 0 saturated carbocycles. The van der Waals surface area contributed by atoms with E-state index < -0.39 is 0 Å². The first-order valence-corrected chi connectivity index (χ1v) is 6.76. The Morgan fingerprint density at radius 3 is 2.80 bits per heavy atom. The van der Waals surface area contributed by atoms with Crippen molar-refractivity contribution in [2.24, 2.45) is 0 Å². The van der Waals surface area contributed by atoms with Gasteiger partial charge in [0.2, 0.25) is 0 Å². The molecule has 114 valence electrons. The molecule has 1 fully saturated rings. The molecule has 2 atom stereocenters. The molecule has 1 aliphatic rings. The van der Waals surface area contributed by atoms with Gasteiger partial charge in [-0.2, -0.15) is 0 Å². The molecule has 1 saturated heterocycles. The van der Waals surface area contributed by atoms with Gasteiger partial charge in [-0.05, 0) is 19.4 Å². The minimum Gasteiger partial charge on any atom is -0.393 e. The molecular weight excluding hydrogens is 280 g/mol. The van der Waals surface area contributed by atoms with Crippen molar-refractivity contribution in [2.75, 3.05) is 6.54 Å². The summed E-state index contributed by atoms with van der Waals surface area (Å²) in [6.45, 7) is 6.80. The van der Waals surface area contributed by atoms with Crippen LogP contribution >= 0.6 is 12.4 Å².